The average molecular weight is 254 g/mol. The van der Waals surface area contributed by atoms with Crippen molar-refractivity contribution in [2.45, 2.75) is 0 Å². The molecule has 0 spiro atoms. The van der Waals surface area contributed by atoms with E-state index >= 15 is 0 Å². The van der Waals surface area contributed by atoms with Crippen LogP contribution in [0.1, 0.15) is 0 Å². The van der Waals surface area contributed by atoms with Crippen LogP contribution < -0.4 is 0 Å². The lowest BCUT2D eigenvalue weighted by Gasteiger charge is -2.00. The SMILES string of the molecule is Clc1cc2c3cnccc3oc2c2ccccc12. The van der Waals surface area contributed by atoms with E-state index in [2.05, 4.69) is 4.98 Å². The van der Waals surface area contributed by atoms with Crippen LogP contribution in [-0.2, 0) is 0 Å². The molecule has 0 aliphatic rings. The maximum atomic E-state index is 6.33. The molecule has 0 amide bonds. The fourth-order valence-corrected chi connectivity index (χ4v) is 2.67. The minimum absolute atomic E-state index is 0.740. The number of hydrogen-bond donors (Lipinski definition) is 0. The van der Waals surface area contributed by atoms with Gasteiger partial charge in [-0.05, 0) is 12.1 Å². The van der Waals surface area contributed by atoms with Gasteiger partial charge in [0.15, 0.2) is 0 Å². The standard InChI is InChI=1S/C15H8ClNO/c16-13-7-11-12-8-17-6-5-14(12)18-15(11)10-4-2-1-3-9(10)13/h1-8H. The third-order valence-electron chi connectivity index (χ3n) is 3.23. The highest BCUT2D eigenvalue weighted by Gasteiger charge is 2.12. The summed E-state index contributed by atoms with van der Waals surface area (Å²) in [6.07, 6.45) is 3.54. The number of hydrogen-bond acceptors (Lipinski definition) is 2. The van der Waals surface area contributed by atoms with E-state index in [0.717, 1.165) is 37.7 Å². The maximum absolute atomic E-state index is 6.33. The van der Waals surface area contributed by atoms with Crippen molar-refractivity contribution in [1.29, 1.82) is 0 Å². The monoisotopic (exact) mass is 253 g/mol. The van der Waals surface area contributed by atoms with Crippen LogP contribution in [0.2, 0.25) is 5.02 Å². The Morgan fingerprint density at radius 3 is 2.67 bits per heavy atom. The number of furan rings is 1. The van der Waals surface area contributed by atoms with Gasteiger partial charge in [0.1, 0.15) is 11.2 Å². The summed E-state index contributed by atoms with van der Waals surface area (Å²) in [7, 11) is 0. The first-order chi connectivity index (χ1) is 8.84. The maximum Gasteiger partial charge on any atom is 0.143 e. The van der Waals surface area contributed by atoms with Gasteiger partial charge in [-0.2, -0.15) is 0 Å². The Hall–Kier alpha value is -2.06. The molecule has 4 aromatic rings. The number of halogens is 1. The molecule has 86 valence electrons. The summed E-state index contributed by atoms with van der Waals surface area (Å²) in [5, 5.41) is 4.81. The molecule has 0 aliphatic heterocycles. The lowest BCUT2D eigenvalue weighted by molar-refractivity contribution is 0.672. The number of rotatable bonds is 0. The molecule has 0 fully saturated rings. The third kappa shape index (κ3) is 1.21. The molecule has 2 nitrogen and oxygen atoms in total. The highest BCUT2D eigenvalue weighted by Crippen LogP contribution is 2.37. The zero-order chi connectivity index (χ0) is 12.1. The van der Waals surface area contributed by atoms with Crippen molar-refractivity contribution in [3.05, 3.63) is 53.8 Å². The Morgan fingerprint density at radius 2 is 1.78 bits per heavy atom. The van der Waals surface area contributed by atoms with E-state index in [1.807, 2.05) is 42.6 Å². The molecule has 0 unspecified atom stereocenters. The van der Waals surface area contributed by atoms with Crippen LogP contribution in [0.15, 0.2) is 53.2 Å². The first-order valence-electron chi connectivity index (χ1n) is 5.68. The Kier molecular flexibility index (Phi) is 1.91. The predicted molar refractivity (Wildman–Crippen MR) is 74.0 cm³/mol. The van der Waals surface area contributed by atoms with Crippen molar-refractivity contribution in [2.75, 3.05) is 0 Å². The van der Waals surface area contributed by atoms with E-state index in [1.165, 1.54) is 0 Å². The molecule has 18 heavy (non-hydrogen) atoms. The molecule has 2 heterocycles. The van der Waals surface area contributed by atoms with Gasteiger partial charge >= 0.3 is 0 Å². The van der Waals surface area contributed by atoms with E-state index in [9.17, 15) is 0 Å². The molecule has 4 rings (SSSR count). The normalized spacial score (nSPS) is 11.6. The van der Waals surface area contributed by atoms with Gasteiger partial charge in [0.25, 0.3) is 0 Å². The minimum Gasteiger partial charge on any atom is -0.455 e. The van der Waals surface area contributed by atoms with Gasteiger partial charge in [-0.1, -0.05) is 35.9 Å². The second-order valence-electron chi connectivity index (χ2n) is 4.25. The first-order valence-corrected chi connectivity index (χ1v) is 6.06. The summed E-state index contributed by atoms with van der Waals surface area (Å²) in [6, 6.07) is 11.8. The topological polar surface area (TPSA) is 26.0 Å². The van der Waals surface area contributed by atoms with Crippen molar-refractivity contribution in [3.8, 4) is 0 Å². The second kappa shape index (κ2) is 3.47. The summed E-state index contributed by atoms with van der Waals surface area (Å²) < 4.78 is 5.92. The number of aromatic nitrogens is 1. The molecule has 0 radical (unpaired) electrons. The first kappa shape index (κ1) is 9.92. The van der Waals surface area contributed by atoms with Crippen LogP contribution in [0.5, 0.6) is 0 Å². The summed E-state index contributed by atoms with van der Waals surface area (Å²) in [6.45, 7) is 0. The van der Waals surface area contributed by atoms with Gasteiger partial charge in [-0.25, -0.2) is 0 Å². The smallest absolute Gasteiger partial charge is 0.143 e. The van der Waals surface area contributed by atoms with Crippen molar-refractivity contribution in [3.63, 3.8) is 0 Å². The van der Waals surface area contributed by atoms with E-state index in [0.29, 0.717) is 0 Å². The molecule has 0 saturated heterocycles. The molecule has 0 atom stereocenters. The van der Waals surface area contributed by atoms with Crippen molar-refractivity contribution in [2.24, 2.45) is 0 Å². The Labute approximate surface area is 108 Å². The summed E-state index contributed by atoms with van der Waals surface area (Å²) in [5.41, 5.74) is 1.71. The van der Waals surface area contributed by atoms with Crippen LogP contribution in [0, 0.1) is 0 Å². The largest absolute Gasteiger partial charge is 0.455 e. The van der Waals surface area contributed by atoms with Crippen LogP contribution in [0.25, 0.3) is 32.7 Å². The zero-order valence-corrected chi connectivity index (χ0v) is 10.1. The predicted octanol–water partition coefficient (Wildman–Crippen LogP) is 4.79. The Bertz CT molecular complexity index is 895. The number of pyridine rings is 1. The molecule has 2 aromatic carbocycles. The number of fused-ring (bicyclic) bond motifs is 5. The van der Waals surface area contributed by atoms with Crippen LogP contribution in [0.4, 0.5) is 0 Å². The highest BCUT2D eigenvalue weighted by molar-refractivity contribution is 6.38. The van der Waals surface area contributed by atoms with Crippen molar-refractivity contribution >= 4 is 44.3 Å². The summed E-state index contributed by atoms with van der Waals surface area (Å²) in [4.78, 5) is 4.14. The van der Waals surface area contributed by atoms with Gasteiger partial charge in [0.05, 0.1) is 0 Å². The molecular formula is C15H8ClNO. The lowest BCUT2D eigenvalue weighted by atomic mass is 10.1. The molecule has 2 aromatic heterocycles. The molecule has 0 bridgehead atoms. The van der Waals surface area contributed by atoms with Gasteiger partial charge in [-0.15, -0.1) is 0 Å². The Morgan fingerprint density at radius 1 is 0.944 bits per heavy atom. The number of nitrogens with zero attached hydrogens (tertiary/aromatic N) is 1. The van der Waals surface area contributed by atoms with E-state index in [4.69, 9.17) is 16.0 Å². The van der Waals surface area contributed by atoms with Crippen LogP contribution >= 0.6 is 11.6 Å². The molecule has 0 aliphatic carbocycles. The quantitative estimate of drug-likeness (QED) is 0.450. The van der Waals surface area contributed by atoms with Gasteiger partial charge in [-0.3, -0.25) is 4.98 Å². The van der Waals surface area contributed by atoms with Crippen LogP contribution in [-0.4, -0.2) is 4.98 Å². The highest BCUT2D eigenvalue weighted by atomic mass is 35.5. The van der Waals surface area contributed by atoms with Gasteiger partial charge in [0.2, 0.25) is 0 Å². The van der Waals surface area contributed by atoms with E-state index in [1.54, 1.807) is 6.20 Å². The number of benzene rings is 2. The average Bonchev–Trinajstić information content (AvgIpc) is 2.78. The van der Waals surface area contributed by atoms with Gasteiger partial charge < -0.3 is 4.42 Å². The van der Waals surface area contributed by atoms with E-state index in [-0.39, 0.29) is 0 Å². The third-order valence-corrected chi connectivity index (χ3v) is 3.54. The molecular weight excluding hydrogens is 246 g/mol. The fraction of sp³-hybridized carbons (Fsp3) is 0. The molecule has 0 saturated carbocycles. The van der Waals surface area contributed by atoms with Gasteiger partial charge in [0, 0.05) is 39.0 Å². The molecule has 3 heteroatoms. The van der Waals surface area contributed by atoms with Crippen LogP contribution in [0.3, 0.4) is 0 Å². The van der Waals surface area contributed by atoms with Crippen molar-refractivity contribution in [1.82, 2.24) is 4.98 Å². The molecule has 0 N–H and O–H groups in total. The minimum atomic E-state index is 0.740. The Balaban J connectivity index is 2.36. The second-order valence-corrected chi connectivity index (χ2v) is 4.66. The lowest BCUT2D eigenvalue weighted by Crippen LogP contribution is -1.75. The summed E-state index contributed by atoms with van der Waals surface area (Å²) >= 11 is 6.33. The zero-order valence-electron chi connectivity index (χ0n) is 9.35. The van der Waals surface area contributed by atoms with E-state index < -0.39 is 0 Å². The summed E-state index contributed by atoms with van der Waals surface area (Å²) in [5.74, 6) is 0. The van der Waals surface area contributed by atoms with Crippen molar-refractivity contribution < 1.29 is 4.42 Å². The fourth-order valence-electron chi connectivity index (χ4n) is 2.40.